The fourth-order valence-corrected chi connectivity index (χ4v) is 7.39. The molecule has 2 amide bonds. The second-order valence-electron chi connectivity index (χ2n) is 12.1. The van der Waals surface area contributed by atoms with E-state index in [1.165, 1.54) is 0 Å². The van der Waals surface area contributed by atoms with Crippen LogP contribution in [0.25, 0.3) is 0 Å². The van der Waals surface area contributed by atoms with Gasteiger partial charge in [0, 0.05) is 36.8 Å². The number of halogens is 1. The molecule has 11 nitrogen and oxygen atoms in total. The Balaban J connectivity index is 1.36. The van der Waals surface area contributed by atoms with Crippen LogP contribution in [0.4, 0.5) is 0 Å². The Labute approximate surface area is 250 Å². The van der Waals surface area contributed by atoms with Crippen molar-refractivity contribution in [1.29, 1.82) is 0 Å². The summed E-state index contributed by atoms with van der Waals surface area (Å²) in [6, 6.07) is 3.08. The average Bonchev–Trinajstić information content (AvgIpc) is 3.41. The summed E-state index contributed by atoms with van der Waals surface area (Å²) in [6.07, 6.45) is 6.13. The Morgan fingerprint density at radius 3 is 2.83 bits per heavy atom. The second-order valence-corrected chi connectivity index (χ2v) is 12.5. The number of ether oxygens (including phenoxy) is 2. The van der Waals surface area contributed by atoms with E-state index in [1.807, 2.05) is 16.8 Å². The van der Waals surface area contributed by atoms with E-state index in [1.54, 1.807) is 16.7 Å². The molecule has 6 rings (SSSR count). The summed E-state index contributed by atoms with van der Waals surface area (Å²) in [5.74, 6) is -1.34. The summed E-state index contributed by atoms with van der Waals surface area (Å²) in [5.41, 5.74) is 2.40. The third-order valence-corrected chi connectivity index (χ3v) is 10.00. The molecule has 0 bridgehead atoms. The second kappa shape index (κ2) is 11.8. The van der Waals surface area contributed by atoms with E-state index in [-0.39, 0.29) is 31.6 Å². The predicted octanol–water partition coefficient (Wildman–Crippen LogP) is 3.41. The largest absolute Gasteiger partial charge is 0.487 e. The quantitative estimate of drug-likeness (QED) is 0.513. The highest BCUT2D eigenvalue weighted by Gasteiger charge is 2.50. The maximum absolute atomic E-state index is 14.4. The van der Waals surface area contributed by atoms with Crippen LogP contribution >= 0.6 is 11.6 Å². The number of aliphatic carboxylic acids is 1. The van der Waals surface area contributed by atoms with Gasteiger partial charge in [-0.1, -0.05) is 29.7 Å². The van der Waals surface area contributed by atoms with E-state index < -0.39 is 23.3 Å². The molecule has 4 heterocycles. The molecule has 3 aliphatic heterocycles. The van der Waals surface area contributed by atoms with Crippen LogP contribution in [0.5, 0.6) is 5.75 Å². The zero-order chi connectivity index (χ0) is 29.4. The smallest absolute Gasteiger partial charge is 0.310 e. The number of carbonyl (C=O) groups is 3. The van der Waals surface area contributed by atoms with Gasteiger partial charge in [0.15, 0.2) is 0 Å². The number of carbonyl (C=O) groups excluding carboxylic acids is 2. The SMILES string of the molecule is C[C@]1(C(=O)O)CCCCC1C(=O)N1CCc2c(Cl)ccc(OCc3nnn4c3CCCC4)c2C1CN1CCOCC1=O. The highest BCUT2D eigenvalue weighted by molar-refractivity contribution is 6.31. The zero-order valence-electron chi connectivity index (χ0n) is 24.0. The van der Waals surface area contributed by atoms with Crippen LogP contribution in [0.1, 0.15) is 74.0 Å². The Bertz CT molecular complexity index is 1380. The molecule has 2 unspecified atom stereocenters. The minimum absolute atomic E-state index is 0.00935. The van der Waals surface area contributed by atoms with E-state index >= 15 is 0 Å². The number of benzene rings is 1. The number of hydrogen-bond donors (Lipinski definition) is 1. The number of carboxylic acids is 1. The van der Waals surface area contributed by atoms with Gasteiger partial charge in [-0.25, -0.2) is 4.68 Å². The number of aromatic nitrogens is 3. The summed E-state index contributed by atoms with van der Waals surface area (Å²) in [7, 11) is 0. The molecule has 4 aliphatic rings. The van der Waals surface area contributed by atoms with Crippen molar-refractivity contribution in [2.24, 2.45) is 11.3 Å². The Kier molecular flexibility index (Phi) is 8.15. The van der Waals surface area contributed by atoms with Crippen molar-refractivity contribution in [2.45, 2.75) is 77.5 Å². The first kappa shape index (κ1) is 28.9. The fraction of sp³-hybridized carbons (Fsp3) is 0.633. The molecular weight excluding hydrogens is 562 g/mol. The predicted molar refractivity (Wildman–Crippen MR) is 152 cm³/mol. The van der Waals surface area contributed by atoms with Crippen molar-refractivity contribution >= 4 is 29.4 Å². The fourth-order valence-electron chi connectivity index (χ4n) is 7.13. The van der Waals surface area contributed by atoms with E-state index in [0.29, 0.717) is 49.7 Å². The normalized spacial score (nSPS) is 26.0. The molecule has 3 atom stereocenters. The van der Waals surface area contributed by atoms with Crippen molar-refractivity contribution in [2.75, 3.05) is 32.8 Å². The molecule has 1 saturated carbocycles. The Morgan fingerprint density at radius 1 is 1.17 bits per heavy atom. The molecule has 12 heteroatoms. The van der Waals surface area contributed by atoms with E-state index in [4.69, 9.17) is 21.1 Å². The third kappa shape index (κ3) is 5.25. The molecule has 0 radical (unpaired) electrons. The minimum atomic E-state index is -1.14. The first-order valence-corrected chi connectivity index (χ1v) is 15.4. The van der Waals surface area contributed by atoms with Gasteiger partial charge < -0.3 is 24.4 Å². The highest BCUT2D eigenvalue weighted by atomic mass is 35.5. The molecule has 1 saturated heterocycles. The molecule has 226 valence electrons. The minimum Gasteiger partial charge on any atom is -0.487 e. The van der Waals surface area contributed by atoms with Crippen molar-refractivity contribution in [3.8, 4) is 5.75 Å². The third-order valence-electron chi connectivity index (χ3n) is 9.64. The summed E-state index contributed by atoms with van der Waals surface area (Å²) in [4.78, 5) is 43.2. The lowest BCUT2D eigenvalue weighted by atomic mass is 9.66. The monoisotopic (exact) mass is 599 g/mol. The van der Waals surface area contributed by atoms with Gasteiger partial charge in [-0.2, -0.15) is 0 Å². The number of morpholine rings is 1. The topological polar surface area (TPSA) is 127 Å². The summed E-state index contributed by atoms with van der Waals surface area (Å²) in [5, 5.41) is 19.4. The van der Waals surface area contributed by atoms with E-state index in [2.05, 4.69) is 10.3 Å². The lowest BCUT2D eigenvalue weighted by Crippen LogP contribution is -2.54. The van der Waals surface area contributed by atoms with Gasteiger partial charge in [-0.15, -0.1) is 5.10 Å². The number of nitrogens with zero attached hydrogens (tertiary/aromatic N) is 5. The Morgan fingerprint density at radius 2 is 2.02 bits per heavy atom. The van der Waals surface area contributed by atoms with Crippen molar-refractivity contribution in [1.82, 2.24) is 24.8 Å². The first-order valence-electron chi connectivity index (χ1n) is 15.0. The lowest BCUT2D eigenvalue weighted by Gasteiger charge is -2.45. The standard InChI is InChI=1S/C30H38ClN5O6/c1-30(29(39)40)11-4-2-6-20(30)28(38)35-13-10-19-21(31)8-9-25(27(19)24(35)16-34-14-15-41-18-26(34)37)42-17-22-23-7-3-5-12-36(23)33-32-22/h8-9,20,24H,2-7,10-18H2,1H3,(H,39,40)/t20?,24?,30-/m0/s1. The molecule has 1 aliphatic carbocycles. The number of aryl methyl sites for hydroxylation is 1. The van der Waals surface area contributed by atoms with E-state index in [0.717, 1.165) is 61.2 Å². The van der Waals surface area contributed by atoms with Crippen LogP contribution in [-0.4, -0.2) is 80.5 Å². The highest BCUT2D eigenvalue weighted by Crippen LogP contribution is 2.46. The van der Waals surface area contributed by atoms with Gasteiger partial charge in [0.25, 0.3) is 0 Å². The van der Waals surface area contributed by atoms with Gasteiger partial charge in [0.1, 0.15) is 24.7 Å². The van der Waals surface area contributed by atoms with Crippen molar-refractivity contribution in [3.05, 3.63) is 39.7 Å². The maximum Gasteiger partial charge on any atom is 0.310 e. The molecule has 42 heavy (non-hydrogen) atoms. The van der Waals surface area contributed by atoms with Crippen LogP contribution in [-0.2, 0) is 45.1 Å². The summed E-state index contributed by atoms with van der Waals surface area (Å²) in [6.45, 7) is 4.20. The van der Waals surface area contributed by atoms with Gasteiger partial charge >= 0.3 is 5.97 Å². The van der Waals surface area contributed by atoms with Gasteiger partial charge in [0.2, 0.25) is 11.8 Å². The van der Waals surface area contributed by atoms with Gasteiger partial charge in [0.05, 0.1) is 29.7 Å². The maximum atomic E-state index is 14.4. The number of fused-ring (bicyclic) bond motifs is 2. The zero-order valence-corrected chi connectivity index (χ0v) is 24.8. The van der Waals surface area contributed by atoms with Crippen molar-refractivity contribution < 1.29 is 29.0 Å². The number of rotatable bonds is 7. The van der Waals surface area contributed by atoms with Crippen LogP contribution in [0.15, 0.2) is 12.1 Å². The molecule has 2 aromatic rings. The molecule has 1 aromatic heterocycles. The Hall–Kier alpha value is -3.18. The van der Waals surface area contributed by atoms with Crippen LogP contribution in [0, 0.1) is 11.3 Å². The number of amides is 2. The number of carboxylic acid groups (broad SMARTS) is 1. The first-order chi connectivity index (χ1) is 20.3. The van der Waals surface area contributed by atoms with E-state index in [9.17, 15) is 19.5 Å². The molecular formula is C30H38ClN5O6. The molecule has 1 aromatic carbocycles. The van der Waals surface area contributed by atoms with Gasteiger partial charge in [-0.05, 0) is 63.1 Å². The summed E-state index contributed by atoms with van der Waals surface area (Å²) < 4.78 is 13.7. The molecule has 0 spiro atoms. The molecule has 2 fully saturated rings. The number of hydrogen-bond acceptors (Lipinski definition) is 7. The van der Waals surface area contributed by atoms with Crippen molar-refractivity contribution in [3.63, 3.8) is 0 Å². The lowest BCUT2D eigenvalue weighted by molar-refractivity contribution is -0.163. The molecule has 1 N–H and O–H groups in total. The van der Waals surface area contributed by atoms with Crippen LogP contribution in [0.2, 0.25) is 5.02 Å². The van der Waals surface area contributed by atoms with Gasteiger partial charge in [-0.3, -0.25) is 14.4 Å². The average molecular weight is 600 g/mol. The van der Waals surface area contributed by atoms with Crippen LogP contribution < -0.4 is 4.74 Å². The van der Waals surface area contributed by atoms with Crippen LogP contribution in [0.3, 0.4) is 0 Å². The summed E-state index contributed by atoms with van der Waals surface area (Å²) >= 11 is 6.75.